The van der Waals surface area contributed by atoms with Gasteiger partial charge in [-0.15, -0.1) is 0 Å². The van der Waals surface area contributed by atoms with E-state index in [0.717, 1.165) is 13.1 Å². The molecule has 4 N–H and O–H groups in total. The predicted octanol–water partition coefficient (Wildman–Crippen LogP) is 5.31. The minimum Gasteiger partial charge on any atom is -0.322 e. The fourth-order valence-electron chi connectivity index (χ4n) is 4.61. The van der Waals surface area contributed by atoms with Crippen molar-refractivity contribution in [3.8, 4) is 0 Å². The summed E-state index contributed by atoms with van der Waals surface area (Å²) in [5, 5.41) is 11.3. The topological polar surface area (TPSA) is 124 Å². The molecular weight excluding hydrogens is 580 g/mol. The van der Waals surface area contributed by atoms with E-state index in [2.05, 4.69) is 21.3 Å². The number of anilines is 4. The highest BCUT2D eigenvalue weighted by molar-refractivity contribution is 6.09. The molecule has 46 heavy (non-hydrogen) atoms. The van der Waals surface area contributed by atoms with Crippen LogP contribution in [0.5, 0.6) is 0 Å². The molecule has 5 aromatic rings. The maximum absolute atomic E-state index is 13.0. The Morgan fingerprint density at radius 2 is 0.826 bits per heavy atom. The normalized spacial score (nSPS) is 10.5. The summed E-state index contributed by atoms with van der Waals surface area (Å²) >= 11 is 0. The van der Waals surface area contributed by atoms with Gasteiger partial charge in [-0.25, -0.2) is 9.13 Å². The van der Waals surface area contributed by atoms with Gasteiger partial charge in [0.05, 0.1) is 0 Å². The fraction of sp³-hybridized carbons (Fsp3) is 0.111. The lowest BCUT2D eigenvalue weighted by Crippen LogP contribution is -2.31. The Balaban J connectivity index is 1.16. The maximum Gasteiger partial charge on any atom is 0.255 e. The first-order valence-corrected chi connectivity index (χ1v) is 14.8. The lowest BCUT2D eigenvalue weighted by molar-refractivity contribution is -0.693. The number of aromatic nitrogens is 2. The van der Waals surface area contributed by atoms with Gasteiger partial charge < -0.3 is 21.3 Å². The van der Waals surface area contributed by atoms with Crippen molar-refractivity contribution in [1.82, 2.24) is 0 Å². The monoisotopic (exact) mass is 614 g/mol. The first-order chi connectivity index (χ1) is 22.3. The molecule has 0 bridgehead atoms. The van der Waals surface area contributed by atoms with Gasteiger partial charge in [0.15, 0.2) is 24.8 Å². The van der Waals surface area contributed by atoms with E-state index in [1.807, 2.05) is 72.0 Å². The molecule has 2 heterocycles. The van der Waals surface area contributed by atoms with Crippen LogP contribution in [0.1, 0.15) is 55.3 Å². The number of carbonyl (C=O) groups excluding carboxylic acids is 4. The van der Waals surface area contributed by atoms with Crippen LogP contribution in [0, 0.1) is 0 Å². The largest absolute Gasteiger partial charge is 0.322 e. The number of pyridine rings is 2. The van der Waals surface area contributed by atoms with Crippen molar-refractivity contribution in [2.45, 2.75) is 26.9 Å². The van der Waals surface area contributed by atoms with Gasteiger partial charge in [0.2, 0.25) is 0 Å². The third-order valence-electron chi connectivity index (χ3n) is 7.16. The summed E-state index contributed by atoms with van der Waals surface area (Å²) in [5.74, 6) is -1.34. The smallest absolute Gasteiger partial charge is 0.255 e. The molecule has 3 aromatic carbocycles. The molecule has 0 unspecified atom stereocenters. The van der Waals surface area contributed by atoms with Crippen LogP contribution in [0.2, 0.25) is 0 Å². The van der Waals surface area contributed by atoms with E-state index in [1.165, 1.54) is 6.07 Å². The highest BCUT2D eigenvalue weighted by Gasteiger charge is 2.14. The number of amides is 4. The maximum atomic E-state index is 13.0. The Bertz CT molecular complexity index is 1750. The molecule has 5 rings (SSSR count). The minimum atomic E-state index is -0.404. The summed E-state index contributed by atoms with van der Waals surface area (Å²) in [6.45, 7) is 5.61. The van der Waals surface area contributed by atoms with E-state index >= 15 is 0 Å². The molecule has 0 aliphatic rings. The standard InChI is InChI=1S/C36H32N6O4/c1-3-41-20-6-10-31(23-41)39-33(43)25-12-16-29(17-13-25)37-35(45)27-8-5-9-28(22-27)36(46)38-30-18-14-26(15-19-30)34(44)40-32-11-7-21-42(4-2)24-32/h5-24H,3-4H2,1-2H3,(H2-2,37,38,39,40,43,44,45,46)/p+2. The molecule has 230 valence electrons. The van der Waals surface area contributed by atoms with Crippen molar-refractivity contribution in [1.29, 1.82) is 0 Å². The molecule has 4 amide bonds. The van der Waals surface area contributed by atoms with Crippen LogP contribution in [0.4, 0.5) is 22.7 Å². The van der Waals surface area contributed by atoms with Crippen LogP contribution in [0.15, 0.2) is 122 Å². The molecule has 0 atom stereocenters. The second-order valence-electron chi connectivity index (χ2n) is 10.4. The number of hydrogen-bond donors (Lipinski definition) is 4. The Labute approximate surface area is 266 Å². The molecule has 0 aliphatic carbocycles. The molecule has 0 saturated heterocycles. The summed E-state index contributed by atoms with van der Waals surface area (Å²) < 4.78 is 3.92. The molecular formula is C36H34N6O4+2. The van der Waals surface area contributed by atoms with Crippen LogP contribution in [-0.4, -0.2) is 23.6 Å². The van der Waals surface area contributed by atoms with Crippen molar-refractivity contribution in [3.63, 3.8) is 0 Å². The molecule has 0 fully saturated rings. The first kappa shape index (κ1) is 31.3. The average molecular weight is 615 g/mol. The summed E-state index contributed by atoms with van der Waals surface area (Å²) in [5.41, 5.74) is 3.84. The summed E-state index contributed by atoms with van der Waals surface area (Å²) in [6.07, 6.45) is 7.55. The fourth-order valence-corrected chi connectivity index (χ4v) is 4.61. The highest BCUT2D eigenvalue weighted by atomic mass is 16.2. The summed E-state index contributed by atoms with van der Waals surface area (Å²) in [6, 6.07) is 26.8. The van der Waals surface area contributed by atoms with Gasteiger partial charge in [-0.2, -0.15) is 0 Å². The van der Waals surface area contributed by atoms with Gasteiger partial charge >= 0.3 is 0 Å². The van der Waals surface area contributed by atoms with Gasteiger partial charge in [0, 0.05) is 45.8 Å². The Kier molecular flexibility index (Phi) is 9.89. The van der Waals surface area contributed by atoms with Crippen molar-refractivity contribution >= 4 is 46.4 Å². The van der Waals surface area contributed by atoms with Crippen molar-refractivity contribution < 1.29 is 28.3 Å². The Morgan fingerprint density at radius 3 is 1.22 bits per heavy atom. The minimum absolute atomic E-state index is 0.264. The van der Waals surface area contributed by atoms with E-state index in [9.17, 15) is 19.2 Å². The number of rotatable bonds is 10. The number of hydrogen-bond acceptors (Lipinski definition) is 4. The third kappa shape index (κ3) is 8.06. The quantitative estimate of drug-likeness (QED) is 0.159. The van der Waals surface area contributed by atoms with Gasteiger partial charge in [0.25, 0.3) is 23.6 Å². The summed E-state index contributed by atoms with van der Waals surface area (Å²) in [4.78, 5) is 51.3. The number of nitrogens with zero attached hydrogens (tertiary/aromatic N) is 2. The zero-order valence-electron chi connectivity index (χ0n) is 25.5. The van der Waals surface area contributed by atoms with Crippen molar-refractivity contribution in [2.75, 3.05) is 21.3 Å². The SMILES string of the molecule is CC[n+]1cccc(NC(=O)c2ccc(NC(=O)c3cccc(C(=O)Nc4ccc(C(=O)Nc5ccc[n+](CC)c5)cc4)c3)cc2)c1. The van der Waals surface area contributed by atoms with Crippen LogP contribution in [0.3, 0.4) is 0 Å². The van der Waals surface area contributed by atoms with E-state index in [0.29, 0.717) is 45.0 Å². The number of nitrogens with one attached hydrogen (secondary N) is 4. The molecule has 10 heteroatoms. The lowest BCUT2D eigenvalue weighted by Gasteiger charge is -2.10. The molecule has 0 aliphatic heterocycles. The third-order valence-corrected chi connectivity index (χ3v) is 7.16. The molecule has 0 radical (unpaired) electrons. The van der Waals surface area contributed by atoms with Gasteiger partial charge in [0.1, 0.15) is 24.5 Å². The molecule has 0 spiro atoms. The second-order valence-corrected chi connectivity index (χ2v) is 10.4. The van der Waals surface area contributed by atoms with E-state index in [4.69, 9.17) is 0 Å². The van der Waals surface area contributed by atoms with Crippen molar-refractivity contribution in [2.24, 2.45) is 0 Å². The van der Waals surface area contributed by atoms with Crippen LogP contribution < -0.4 is 30.4 Å². The molecule has 2 aromatic heterocycles. The van der Waals surface area contributed by atoms with E-state index in [-0.39, 0.29) is 11.8 Å². The molecule has 0 saturated carbocycles. The number of benzene rings is 3. The number of aryl methyl sites for hydroxylation is 2. The predicted molar refractivity (Wildman–Crippen MR) is 176 cm³/mol. The van der Waals surface area contributed by atoms with E-state index in [1.54, 1.807) is 66.7 Å². The van der Waals surface area contributed by atoms with Crippen LogP contribution >= 0.6 is 0 Å². The van der Waals surface area contributed by atoms with Crippen LogP contribution in [-0.2, 0) is 13.1 Å². The lowest BCUT2D eigenvalue weighted by atomic mass is 10.1. The van der Waals surface area contributed by atoms with Gasteiger partial charge in [-0.1, -0.05) is 6.07 Å². The first-order valence-electron chi connectivity index (χ1n) is 14.8. The zero-order valence-corrected chi connectivity index (χ0v) is 25.5. The van der Waals surface area contributed by atoms with Crippen molar-refractivity contribution in [3.05, 3.63) is 144 Å². The number of carbonyl (C=O) groups is 4. The summed E-state index contributed by atoms with van der Waals surface area (Å²) in [7, 11) is 0. The average Bonchev–Trinajstić information content (AvgIpc) is 3.09. The zero-order chi connectivity index (χ0) is 32.5. The van der Waals surface area contributed by atoms with Crippen LogP contribution in [0.25, 0.3) is 0 Å². The Morgan fingerprint density at radius 1 is 0.457 bits per heavy atom. The highest BCUT2D eigenvalue weighted by Crippen LogP contribution is 2.16. The Hall–Kier alpha value is -6.16. The van der Waals surface area contributed by atoms with E-state index < -0.39 is 11.8 Å². The second kappa shape index (κ2) is 14.5. The van der Waals surface area contributed by atoms with Gasteiger partial charge in [-0.3, -0.25) is 19.2 Å². The van der Waals surface area contributed by atoms with Gasteiger partial charge in [-0.05, 0) is 92.7 Å². The molecule has 10 nitrogen and oxygen atoms in total.